The van der Waals surface area contributed by atoms with Crippen molar-refractivity contribution in [1.82, 2.24) is 5.32 Å². The fourth-order valence-electron chi connectivity index (χ4n) is 3.56. The zero-order valence-corrected chi connectivity index (χ0v) is 20.0. The number of carbonyl (C=O) groups is 3. The molecule has 0 spiro atoms. The first-order valence-corrected chi connectivity index (χ1v) is 12.0. The minimum Gasteiger partial charge on any atom is -0.461 e. The Kier molecular flexibility index (Phi) is 14.1. The molecule has 7 nitrogen and oxygen atoms in total. The van der Waals surface area contributed by atoms with Crippen molar-refractivity contribution in [2.45, 2.75) is 71.3 Å². The van der Waals surface area contributed by atoms with Crippen LogP contribution in [0.2, 0.25) is 0 Å². The molecule has 0 radical (unpaired) electrons. The third-order valence-corrected chi connectivity index (χ3v) is 5.92. The highest BCUT2D eigenvalue weighted by molar-refractivity contribution is 7.16. The molecule has 0 aliphatic heterocycles. The lowest BCUT2D eigenvalue weighted by Crippen LogP contribution is -2.42. The standard InChI is InChI=1S/C22H40NO6P/c1-4-17(22(26)29-15-30)14-18(20(24)9-6-10-28-12-11-27-3)13-16(2)21(25)23-19-7-5-8-19/h16-19H,4-15,30H2,1-3H3,(H,23,25). The van der Waals surface area contributed by atoms with Gasteiger partial charge in [0.25, 0.3) is 0 Å². The van der Waals surface area contributed by atoms with Gasteiger partial charge in [-0.05, 0) is 44.9 Å². The topological polar surface area (TPSA) is 90.9 Å². The van der Waals surface area contributed by atoms with Gasteiger partial charge in [-0.2, -0.15) is 0 Å². The van der Waals surface area contributed by atoms with Crippen LogP contribution in [0.25, 0.3) is 0 Å². The van der Waals surface area contributed by atoms with E-state index >= 15 is 0 Å². The van der Waals surface area contributed by atoms with Crippen molar-refractivity contribution in [3.63, 3.8) is 0 Å². The summed E-state index contributed by atoms with van der Waals surface area (Å²) < 4.78 is 15.5. The van der Waals surface area contributed by atoms with Crippen molar-refractivity contribution in [3.8, 4) is 0 Å². The molecule has 1 fully saturated rings. The van der Waals surface area contributed by atoms with Gasteiger partial charge in [0, 0.05) is 38.0 Å². The zero-order chi connectivity index (χ0) is 22.4. The first kappa shape index (κ1) is 27.0. The van der Waals surface area contributed by atoms with Crippen molar-refractivity contribution in [2.24, 2.45) is 17.8 Å². The molecule has 1 saturated carbocycles. The van der Waals surface area contributed by atoms with Crippen molar-refractivity contribution in [2.75, 3.05) is 33.3 Å². The van der Waals surface area contributed by atoms with Crippen LogP contribution in [0.4, 0.5) is 0 Å². The Bertz CT molecular complexity index is 526. The fraction of sp³-hybridized carbons (Fsp3) is 0.864. The largest absolute Gasteiger partial charge is 0.461 e. The third-order valence-electron chi connectivity index (χ3n) is 5.76. The molecular formula is C22H40NO6P. The number of Topliss-reactive ketones (excluding diaryl/α,β-unsaturated/α-hetero) is 1. The summed E-state index contributed by atoms with van der Waals surface area (Å²) in [7, 11) is 3.99. The summed E-state index contributed by atoms with van der Waals surface area (Å²) in [5.74, 6) is -1.13. The number of carbonyl (C=O) groups excluding carboxylic acids is 3. The molecule has 1 rings (SSSR count). The molecule has 8 heteroatoms. The van der Waals surface area contributed by atoms with E-state index in [1.54, 1.807) is 7.11 Å². The van der Waals surface area contributed by atoms with E-state index in [1.165, 1.54) is 0 Å². The summed E-state index contributed by atoms with van der Waals surface area (Å²) in [6, 6.07) is 0.277. The highest BCUT2D eigenvalue weighted by Gasteiger charge is 2.30. The summed E-state index contributed by atoms with van der Waals surface area (Å²) in [5.41, 5.74) is 0. The lowest BCUT2D eigenvalue weighted by molar-refractivity contribution is -0.147. The molecule has 174 valence electrons. The molecule has 0 saturated heterocycles. The second kappa shape index (κ2) is 15.7. The second-order valence-electron chi connectivity index (χ2n) is 8.12. The van der Waals surface area contributed by atoms with Gasteiger partial charge in [0.1, 0.15) is 12.1 Å². The van der Waals surface area contributed by atoms with Gasteiger partial charge in [0.05, 0.1) is 19.1 Å². The van der Waals surface area contributed by atoms with E-state index in [2.05, 4.69) is 14.6 Å². The Morgan fingerprint density at radius 1 is 1.10 bits per heavy atom. The van der Waals surface area contributed by atoms with Crippen LogP contribution in [-0.2, 0) is 28.6 Å². The van der Waals surface area contributed by atoms with Crippen LogP contribution in [0.15, 0.2) is 0 Å². The monoisotopic (exact) mass is 445 g/mol. The number of ketones is 1. The van der Waals surface area contributed by atoms with E-state index in [0.717, 1.165) is 19.3 Å². The van der Waals surface area contributed by atoms with Crippen molar-refractivity contribution >= 4 is 26.9 Å². The van der Waals surface area contributed by atoms with E-state index in [1.807, 2.05) is 13.8 Å². The first-order valence-electron chi connectivity index (χ1n) is 11.2. The maximum atomic E-state index is 12.9. The maximum absolute atomic E-state index is 12.9. The zero-order valence-electron chi connectivity index (χ0n) is 18.8. The Morgan fingerprint density at radius 3 is 2.40 bits per heavy atom. The number of amides is 1. The molecule has 30 heavy (non-hydrogen) atoms. The molecule has 4 unspecified atom stereocenters. The molecule has 0 bridgehead atoms. The summed E-state index contributed by atoms with van der Waals surface area (Å²) in [6.45, 7) is 5.31. The quantitative estimate of drug-likeness (QED) is 0.210. The van der Waals surface area contributed by atoms with Gasteiger partial charge >= 0.3 is 5.97 Å². The normalized spacial score (nSPS) is 16.9. The summed E-state index contributed by atoms with van der Waals surface area (Å²) in [4.78, 5) is 37.7. The molecule has 0 aromatic carbocycles. The number of hydrogen-bond acceptors (Lipinski definition) is 6. The summed E-state index contributed by atoms with van der Waals surface area (Å²) in [5, 5.41) is 3.07. The Morgan fingerprint density at radius 2 is 1.83 bits per heavy atom. The number of esters is 1. The van der Waals surface area contributed by atoms with Crippen LogP contribution < -0.4 is 5.32 Å². The minimum absolute atomic E-state index is 0.000909. The second-order valence-corrected chi connectivity index (χ2v) is 8.45. The van der Waals surface area contributed by atoms with Gasteiger partial charge < -0.3 is 19.5 Å². The molecule has 1 aliphatic carbocycles. The lowest BCUT2D eigenvalue weighted by Gasteiger charge is -2.29. The van der Waals surface area contributed by atoms with Gasteiger partial charge in [-0.1, -0.05) is 23.1 Å². The molecule has 1 N–H and O–H groups in total. The van der Waals surface area contributed by atoms with E-state index in [9.17, 15) is 14.4 Å². The first-order chi connectivity index (χ1) is 14.4. The predicted octanol–water partition coefficient (Wildman–Crippen LogP) is 3.10. The van der Waals surface area contributed by atoms with E-state index in [-0.39, 0.29) is 47.8 Å². The van der Waals surface area contributed by atoms with E-state index in [0.29, 0.717) is 51.9 Å². The lowest BCUT2D eigenvalue weighted by atomic mass is 9.82. The number of methoxy groups -OCH3 is 1. The Balaban J connectivity index is 2.64. The number of hydrogen-bond donors (Lipinski definition) is 1. The Hall–Kier alpha value is -1.04. The van der Waals surface area contributed by atoms with Crippen LogP contribution >= 0.6 is 9.24 Å². The number of nitrogens with one attached hydrogen (secondary N) is 1. The van der Waals surface area contributed by atoms with Gasteiger partial charge in [0.2, 0.25) is 5.91 Å². The van der Waals surface area contributed by atoms with Gasteiger partial charge in [0.15, 0.2) is 0 Å². The number of ether oxygens (including phenoxy) is 3. The minimum atomic E-state index is -0.340. The van der Waals surface area contributed by atoms with Crippen LogP contribution in [0.5, 0.6) is 0 Å². The molecule has 0 aromatic heterocycles. The fourth-order valence-corrected chi connectivity index (χ4v) is 3.72. The van der Waals surface area contributed by atoms with Crippen LogP contribution in [0, 0.1) is 17.8 Å². The van der Waals surface area contributed by atoms with E-state index < -0.39 is 0 Å². The predicted molar refractivity (Wildman–Crippen MR) is 119 cm³/mol. The van der Waals surface area contributed by atoms with Gasteiger partial charge in [-0.25, -0.2) is 0 Å². The van der Waals surface area contributed by atoms with E-state index in [4.69, 9.17) is 14.2 Å². The molecule has 0 aromatic rings. The molecular weight excluding hydrogens is 405 g/mol. The maximum Gasteiger partial charge on any atom is 0.309 e. The molecule has 4 atom stereocenters. The molecule has 1 aliphatic rings. The van der Waals surface area contributed by atoms with Crippen molar-refractivity contribution in [3.05, 3.63) is 0 Å². The average molecular weight is 446 g/mol. The third kappa shape index (κ3) is 10.3. The Labute approximate surface area is 183 Å². The summed E-state index contributed by atoms with van der Waals surface area (Å²) >= 11 is 0. The van der Waals surface area contributed by atoms with Crippen molar-refractivity contribution in [1.29, 1.82) is 0 Å². The molecule has 0 heterocycles. The smallest absolute Gasteiger partial charge is 0.309 e. The van der Waals surface area contributed by atoms with Crippen LogP contribution in [-0.4, -0.2) is 57.0 Å². The highest BCUT2D eigenvalue weighted by atomic mass is 31.0. The molecule has 1 amide bonds. The van der Waals surface area contributed by atoms with Crippen LogP contribution in [0.1, 0.15) is 65.2 Å². The van der Waals surface area contributed by atoms with Gasteiger partial charge in [-0.3, -0.25) is 14.4 Å². The number of rotatable bonds is 17. The average Bonchev–Trinajstić information content (AvgIpc) is 2.69. The van der Waals surface area contributed by atoms with Gasteiger partial charge in [-0.15, -0.1) is 0 Å². The van der Waals surface area contributed by atoms with Crippen molar-refractivity contribution < 1.29 is 28.6 Å². The summed E-state index contributed by atoms with van der Waals surface area (Å²) in [6.07, 6.45) is 5.94. The highest BCUT2D eigenvalue weighted by Crippen LogP contribution is 2.27. The SMILES string of the molecule is CCC(CC(CC(C)C(=O)NC1CCC1)C(=O)CCCOCCOC)C(=O)OCP. The van der Waals surface area contributed by atoms with Crippen LogP contribution in [0.3, 0.4) is 0 Å².